The zero-order valence-electron chi connectivity index (χ0n) is 10.8. The second kappa shape index (κ2) is 5.53. The van der Waals surface area contributed by atoms with Crippen molar-refractivity contribution in [2.45, 2.75) is 64.6 Å². The standard InChI is InChI=1S/C12H24N2O2/c1-9(8-13-10-6-5-7-10)14-11(15)16-12(2,3)4/h9-10,13H,5-8H2,1-4H3,(H,14,15)/t9-/m0/s1. The van der Waals surface area contributed by atoms with Crippen LogP contribution in [0, 0.1) is 0 Å². The molecule has 0 unspecified atom stereocenters. The lowest BCUT2D eigenvalue weighted by molar-refractivity contribution is 0.0507. The highest BCUT2D eigenvalue weighted by Crippen LogP contribution is 2.17. The van der Waals surface area contributed by atoms with E-state index in [9.17, 15) is 4.79 Å². The van der Waals surface area contributed by atoms with Crippen LogP contribution in [0.15, 0.2) is 0 Å². The number of ether oxygens (including phenoxy) is 1. The Balaban J connectivity index is 2.12. The maximum absolute atomic E-state index is 11.4. The van der Waals surface area contributed by atoms with Crippen molar-refractivity contribution in [3.05, 3.63) is 0 Å². The van der Waals surface area contributed by atoms with Gasteiger partial charge in [0.2, 0.25) is 0 Å². The summed E-state index contributed by atoms with van der Waals surface area (Å²) in [6.45, 7) is 8.39. The molecule has 0 heterocycles. The Kier molecular flexibility index (Phi) is 4.59. The van der Waals surface area contributed by atoms with Crippen molar-refractivity contribution in [3.63, 3.8) is 0 Å². The van der Waals surface area contributed by atoms with E-state index < -0.39 is 5.60 Å². The van der Waals surface area contributed by atoms with Crippen LogP contribution in [0.4, 0.5) is 4.79 Å². The first-order valence-corrected chi connectivity index (χ1v) is 6.10. The van der Waals surface area contributed by atoms with Gasteiger partial charge in [-0.15, -0.1) is 0 Å². The maximum Gasteiger partial charge on any atom is 0.407 e. The lowest BCUT2D eigenvalue weighted by Gasteiger charge is -2.28. The van der Waals surface area contributed by atoms with Gasteiger partial charge in [-0.3, -0.25) is 0 Å². The number of amides is 1. The number of nitrogens with one attached hydrogen (secondary N) is 2. The number of hydrogen-bond acceptors (Lipinski definition) is 3. The summed E-state index contributed by atoms with van der Waals surface area (Å²) < 4.78 is 5.18. The highest BCUT2D eigenvalue weighted by Gasteiger charge is 2.20. The van der Waals surface area contributed by atoms with E-state index in [1.807, 2.05) is 27.7 Å². The smallest absolute Gasteiger partial charge is 0.407 e. The Morgan fingerprint density at radius 2 is 2.06 bits per heavy atom. The van der Waals surface area contributed by atoms with Gasteiger partial charge in [0, 0.05) is 18.6 Å². The second-order valence-corrected chi connectivity index (χ2v) is 5.58. The van der Waals surface area contributed by atoms with E-state index in [0.29, 0.717) is 6.04 Å². The SMILES string of the molecule is C[C@@H](CNC1CCC1)NC(=O)OC(C)(C)C. The third kappa shape index (κ3) is 5.35. The second-order valence-electron chi connectivity index (χ2n) is 5.58. The molecule has 1 saturated carbocycles. The highest BCUT2D eigenvalue weighted by atomic mass is 16.6. The molecule has 0 aromatic rings. The number of hydrogen-bond donors (Lipinski definition) is 2. The number of carbonyl (C=O) groups excluding carboxylic acids is 1. The summed E-state index contributed by atoms with van der Waals surface area (Å²) in [4.78, 5) is 11.4. The first kappa shape index (κ1) is 13.3. The predicted octanol–water partition coefficient (Wildman–Crippen LogP) is 2.04. The van der Waals surface area contributed by atoms with E-state index in [0.717, 1.165) is 6.54 Å². The molecule has 16 heavy (non-hydrogen) atoms. The van der Waals surface area contributed by atoms with Gasteiger partial charge in [-0.1, -0.05) is 6.42 Å². The third-order valence-electron chi connectivity index (χ3n) is 2.58. The van der Waals surface area contributed by atoms with Crippen molar-refractivity contribution in [3.8, 4) is 0 Å². The molecule has 0 aromatic carbocycles. The van der Waals surface area contributed by atoms with Crippen LogP contribution in [0.1, 0.15) is 47.0 Å². The summed E-state index contributed by atoms with van der Waals surface area (Å²) in [6, 6.07) is 0.762. The molecular weight excluding hydrogens is 204 g/mol. The minimum Gasteiger partial charge on any atom is -0.444 e. The van der Waals surface area contributed by atoms with E-state index in [-0.39, 0.29) is 12.1 Å². The lowest BCUT2D eigenvalue weighted by atomic mass is 9.93. The Morgan fingerprint density at radius 1 is 1.44 bits per heavy atom. The van der Waals surface area contributed by atoms with Crippen LogP contribution < -0.4 is 10.6 Å². The van der Waals surface area contributed by atoms with Gasteiger partial charge >= 0.3 is 6.09 Å². The normalized spacial score (nSPS) is 18.8. The summed E-state index contributed by atoms with van der Waals surface area (Å²) in [5.41, 5.74) is -0.425. The number of rotatable bonds is 4. The van der Waals surface area contributed by atoms with E-state index in [4.69, 9.17) is 4.74 Å². The van der Waals surface area contributed by atoms with Crippen molar-refractivity contribution >= 4 is 6.09 Å². The Bertz CT molecular complexity index is 232. The van der Waals surface area contributed by atoms with Crippen molar-refractivity contribution in [1.29, 1.82) is 0 Å². The predicted molar refractivity (Wildman–Crippen MR) is 64.5 cm³/mol. The monoisotopic (exact) mass is 228 g/mol. The summed E-state index contributed by atoms with van der Waals surface area (Å²) in [6.07, 6.45) is 3.51. The molecule has 0 bridgehead atoms. The van der Waals surface area contributed by atoms with E-state index in [2.05, 4.69) is 10.6 Å². The van der Waals surface area contributed by atoms with Gasteiger partial charge in [-0.05, 0) is 40.5 Å². The van der Waals surface area contributed by atoms with Gasteiger partial charge in [-0.2, -0.15) is 0 Å². The summed E-state index contributed by atoms with van der Waals surface area (Å²) in [5.74, 6) is 0. The molecule has 4 nitrogen and oxygen atoms in total. The molecule has 1 rings (SSSR count). The largest absolute Gasteiger partial charge is 0.444 e. The fourth-order valence-corrected chi connectivity index (χ4v) is 1.52. The van der Waals surface area contributed by atoms with E-state index in [1.165, 1.54) is 19.3 Å². The molecule has 1 fully saturated rings. The van der Waals surface area contributed by atoms with Crippen molar-refractivity contribution < 1.29 is 9.53 Å². The van der Waals surface area contributed by atoms with Crippen LogP contribution in [0.25, 0.3) is 0 Å². The van der Waals surface area contributed by atoms with Crippen LogP contribution in [0.2, 0.25) is 0 Å². The molecule has 0 spiro atoms. The third-order valence-corrected chi connectivity index (χ3v) is 2.58. The Labute approximate surface area is 98.1 Å². The van der Waals surface area contributed by atoms with Gasteiger partial charge in [0.1, 0.15) is 5.60 Å². The van der Waals surface area contributed by atoms with Gasteiger partial charge in [-0.25, -0.2) is 4.79 Å². The molecular formula is C12H24N2O2. The maximum atomic E-state index is 11.4. The highest BCUT2D eigenvalue weighted by molar-refractivity contribution is 5.68. The van der Waals surface area contributed by atoms with Crippen molar-refractivity contribution in [2.75, 3.05) is 6.54 Å². The molecule has 1 atom stereocenters. The number of carbonyl (C=O) groups is 1. The molecule has 1 aliphatic carbocycles. The van der Waals surface area contributed by atoms with Crippen molar-refractivity contribution in [1.82, 2.24) is 10.6 Å². The van der Waals surface area contributed by atoms with Gasteiger partial charge in [0.25, 0.3) is 0 Å². The average Bonchev–Trinajstić information content (AvgIpc) is 1.96. The van der Waals surface area contributed by atoms with E-state index in [1.54, 1.807) is 0 Å². The Hall–Kier alpha value is -0.770. The minimum absolute atomic E-state index is 0.107. The topological polar surface area (TPSA) is 50.4 Å². The lowest BCUT2D eigenvalue weighted by Crippen LogP contribution is -2.46. The van der Waals surface area contributed by atoms with Crippen LogP contribution in [-0.2, 0) is 4.74 Å². The summed E-state index contributed by atoms with van der Waals surface area (Å²) in [5, 5.41) is 6.23. The van der Waals surface area contributed by atoms with Crippen LogP contribution >= 0.6 is 0 Å². The van der Waals surface area contributed by atoms with Gasteiger partial charge < -0.3 is 15.4 Å². The van der Waals surface area contributed by atoms with Gasteiger partial charge in [0.15, 0.2) is 0 Å². The fraction of sp³-hybridized carbons (Fsp3) is 0.917. The quantitative estimate of drug-likeness (QED) is 0.774. The fourth-order valence-electron chi connectivity index (χ4n) is 1.52. The van der Waals surface area contributed by atoms with E-state index >= 15 is 0 Å². The van der Waals surface area contributed by atoms with Crippen LogP contribution in [0.3, 0.4) is 0 Å². The molecule has 1 aliphatic rings. The first-order chi connectivity index (χ1) is 7.37. The zero-order chi connectivity index (χ0) is 12.2. The molecule has 0 saturated heterocycles. The molecule has 1 amide bonds. The molecule has 2 N–H and O–H groups in total. The van der Waals surface area contributed by atoms with Gasteiger partial charge in [0.05, 0.1) is 0 Å². The molecule has 4 heteroatoms. The Morgan fingerprint density at radius 3 is 2.50 bits per heavy atom. The molecule has 0 radical (unpaired) electrons. The first-order valence-electron chi connectivity index (χ1n) is 6.10. The average molecular weight is 228 g/mol. The van der Waals surface area contributed by atoms with Crippen molar-refractivity contribution in [2.24, 2.45) is 0 Å². The zero-order valence-corrected chi connectivity index (χ0v) is 10.8. The van der Waals surface area contributed by atoms with Crippen LogP contribution in [-0.4, -0.2) is 30.3 Å². The molecule has 0 aliphatic heterocycles. The molecule has 94 valence electrons. The summed E-state index contributed by atoms with van der Waals surface area (Å²) in [7, 11) is 0. The molecule has 0 aromatic heterocycles. The minimum atomic E-state index is -0.425. The summed E-state index contributed by atoms with van der Waals surface area (Å²) >= 11 is 0. The van der Waals surface area contributed by atoms with Crippen LogP contribution in [0.5, 0.6) is 0 Å². The number of alkyl carbamates (subject to hydrolysis) is 1.